The fraction of sp³-hybridized carbons (Fsp3) is 0.538. The molecule has 0 aliphatic heterocycles. The van der Waals surface area contributed by atoms with Gasteiger partial charge in [-0.25, -0.2) is 4.39 Å². The van der Waals surface area contributed by atoms with Gasteiger partial charge in [-0.2, -0.15) is 13.2 Å². The van der Waals surface area contributed by atoms with Crippen LogP contribution in [0, 0.1) is 5.82 Å². The Hall–Kier alpha value is -1.34. The molecule has 7 heteroatoms. The molecule has 1 rings (SSSR count). The smallest absolute Gasteiger partial charge is 0.411 e. The van der Waals surface area contributed by atoms with Crippen LogP contribution in [0.25, 0.3) is 0 Å². The van der Waals surface area contributed by atoms with Crippen molar-refractivity contribution in [1.29, 1.82) is 0 Å². The van der Waals surface area contributed by atoms with E-state index in [1.165, 1.54) is 18.2 Å². The van der Waals surface area contributed by atoms with Gasteiger partial charge in [-0.3, -0.25) is 0 Å². The number of halogens is 4. The Labute approximate surface area is 114 Å². The molecule has 0 unspecified atom stereocenters. The van der Waals surface area contributed by atoms with Crippen molar-refractivity contribution in [2.45, 2.75) is 19.1 Å². The maximum atomic E-state index is 13.1. The van der Waals surface area contributed by atoms with Crippen LogP contribution in [-0.4, -0.2) is 33.0 Å². The summed E-state index contributed by atoms with van der Waals surface area (Å²) in [6.07, 6.45) is -3.98. The van der Waals surface area contributed by atoms with Crippen LogP contribution in [0.4, 0.5) is 17.6 Å². The topological polar surface area (TPSA) is 30.5 Å². The van der Waals surface area contributed by atoms with Crippen LogP contribution in [-0.2, 0) is 11.3 Å². The van der Waals surface area contributed by atoms with Gasteiger partial charge < -0.3 is 14.8 Å². The highest BCUT2D eigenvalue weighted by molar-refractivity contribution is 5.33. The van der Waals surface area contributed by atoms with Gasteiger partial charge in [0.1, 0.15) is 18.2 Å². The minimum atomic E-state index is -4.31. The Bertz CT molecular complexity index is 410. The van der Waals surface area contributed by atoms with Crippen molar-refractivity contribution in [3.63, 3.8) is 0 Å². The highest BCUT2D eigenvalue weighted by atomic mass is 19.4. The summed E-state index contributed by atoms with van der Waals surface area (Å²) >= 11 is 0. The predicted molar refractivity (Wildman–Crippen MR) is 66.1 cm³/mol. The van der Waals surface area contributed by atoms with Crippen LogP contribution in [0.5, 0.6) is 5.75 Å². The lowest BCUT2D eigenvalue weighted by atomic mass is 10.2. The summed E-state index contributed by atoms with van der Waals surface area (Å²) in [6.45, 7) is -0.644. The van der Waals surface area contributed by atoms with E-state index in [2.05, 4.69) is 10.1 Å². The molecule has 0 atom stereocenters. The van der Waals surface area contributed by atoms with Crippen molar-refractivity contribution < 1.29 is 27.0 Å². The van der Waals surface area contributed by atoms with E-state index in [4.69, 9.17) is 4.74 Å². The van der Waals surface area contributed by atoms with Crippen molar-refractivity contribution in [3.8, 4) is 5.75 Å². The maximum Gasteiger partial charge on any atom is 0.411 e. The van der Waals surface area contributed by atoms with Gasteiger partial charge in [0.2, 0.25) is 0 Å². The second-order valence-corrected chi connectivity index (χ2v) is 4.15. The lowest BCUT2D eigenvalue weighted by Gasteiger charge is -2.12. The fourth-order valence-electron chi connectivity index (χ4n) is 1.55. The Kier molecular flexibility index (Phi) is 6.74. The molecule has 0 saturated heterocycles. The van der Waals surface area contributed by atoms with Crippen molar-refractivity contribution in [3.05, 3.63) is 29.6 Å². The summed E-state index contributed by atoms with van der Waals surface area (Å²) in [5.74, 6) is 0.146. The molecule has 0 saturated carbocycles. The van der Waals surface area contributed by atoms with E-state index in [9.17, 15) is 17.6 Å². The number of alkyl halides is 3. The van der Waals surface area contributed by atoms with E-state index in [1.807, 2.05) is 0 Å². The summed E-state index contributed by atoms with van der Waals surface area (Å²) in [7, 11) is 1.72. The first kappa shape index (κ1) is 16.7. The van der Waals surface area contributed by atoms with Gasteiger partial charge in [0.05, 0.1) is 13.2 Å². The third-order valence-corrected chi connectivity index (χ3v) is 2.35. The first-order valence-corrected chi connectivity index (χ1v) is 6.12. The zero-order valence-corrected chi connectivity index (χ0v) is 11.1. The molecule has 0 bridgehead atoms. The van der Waals surface area contributed by atoms with Gasteiger partial charge in [-0.15, -0.1) is 0 Å². The summed E-state index contributed by atoms with van der Waals surface area (Å²) in [5, 5.41) is 2.88. The average Bonchev–Trinajstić information content (AvgIpc) is 2.35. The largest absolute Gasteiger partial charge is 0.493 e. The fourth-order valence-corrected chi connectivity index (χ4v) is 1.55. The van der Waals surface area contributed by atoms with E-state index >= 15 is 0 Å². The van der Waals surface area contributed by atoms with E-state index in [0.29, 0.717) is 24.3 Å². The number of hydrogen-bond donors (Lipinski definition) is 1. The third-order valence-electron chi connectivity index (χ3n) is 2.35. The molecule has 0 heterocycles. The standard InChI is InChI=1S/C13H17F4NO2/c1-18-8-10-7-11(14)3-4-12(10)20-6-2-5-19-9-13(15,16)17/h3-4,7,18H,2,5-6,8-9H2,1H3. The second-order valence-electron chi connectivity index (χ2n) is 4.15. The Morgan fingerprint density at radius 1 is 1.20 bits per heavy atom. The first-order valence-electron chi connectivity index (χ1n) is 6.12. The lowest BCUT2D eigenvalue weighted by molar-refractivity contribution is -0.174. The number of hydrogen-bond acceptors (Lipinski definition) is 3. The molecule has 3 nitrogen and oxygen atoms in total. The van der Waals surface area contributed by atoms with Crippen molar-refractivity contribution in [1.82, 2.24) is 5.32 Å². The van der Waals surface area contributed by atoms with Crippen LogP contribution in [0.3, 0.4) is 0 Å². The average molecular weight is 295 g/mol. The first-order chi connectivity index (χ1) is 9.42. The minimum Gasteiger partial charge on any atom is -0.493 e. The van der Waals surface area contributed by atoms with Crippen LogP contribution < -0.4 is 10.1 Å². The van der Waals surface area contributed by atoms with E-state index < -0.39 is 12.8 Å². The molecule has 0 amide bonds. The van der Waals surface area contributed by atoms with Gasteiger partial charge in [0.15, 0.2) is 0 Å². The molecule has 1 N–H and O–H groups in total. The van der Waals surface area contributed by atoms with E-state index in [1.54, 1.807) is 7.05 Å². The van der Waals surface area contributed by atoms with Gasteiger partial charge in [0, 0.05) is 18.5 Å². The van der Waals surface area contributed by atoms with E-state index in [-0.39, 0.29) is 19.0 Å². The Morgan fingerprint density at radius 3 is 2.60 bits per heavy atom. The molecule has 114 valence electrons. The highest BCUT2D eigenvalue weighted by Gasteiger charge is 2.27. The molecule has 0 spiro atoms. The number of benzene rings is 1. The predicted octanol–water partition coefficient (Wildman–Crippen LogP) is 2.89. The molecule has 1 aromatic carbocycles. The van der Waals surface area contributed by atoms with Crippen molar-refractivity contribution in [2.75, 3.05) is 26.9 Å². The molecule has 0 radical (unpaired) electrons. The quantitative estimate of drug-likeness (QED) is 0.591. The van der Waals surface area contributed by atoms with Gasteiger partial charge in [0.25, 0.3) is 0 Å². The minimum absolute atomic E-state index is 0.0396. The van der Waals surface area contributed by atoms with Crippen molar-refractivity contribution >= 4 is 0 Å². The summed E-state index contributed by atoms with van der Waals surface area (Å²) in [6, 6.07) is 4.12. The maximum absolute atomic E-state index is 13.1. The normalized spacial score (nSPS) is 11.7. The summed E-state index contributed by atoms with van der Waals surface area (Å²) < 4.78 is 58.3. The molecule has 1 aromatic rings. The van der Waals surface area contributed by atoms with Crippen molar-refractivity contribution in [2.24, 2.45) is 0 Å². The van der Waals surface area contributed by atoms with E-state index in [0.717, 1.165) is 0 Å². The molecule has 20 heavy (non-hydrogen) atoms. The second kappa shape index (κ2) is 8.06. The third kappa shape index (κ3) is 6.72. The molecule has 0 aliphatic rings. The van der Waals surface area contributed by atoms with Crippen LogP contribution in [0.1, 0.15) is 12.0 Å². The summed E-state index contributed by atoms with van der Waals surface area (Å²) in [4.78, 5) is 0. The molecule has 0 aromatic heterocycles. The molecular formula is C13H17F4NO2. The van der Waals surface area contributed by atoms with Gasteiger partial charge in [-0.05, 0) is 25.2 Å². The number of rotatable bonds is 8. The van der Waals surface area contributed by atoms with Crippen LogP contribution >= 0.6 is 0 Å². The number of nitrogens with one attached hydrogen (secondary N) is 1. The highest BCUT2D eigenvalue weighted by Crippen LogP contribution is 2.20. The molecule has 0 aliphatic carbocycles. The monoisotopic (exact) mass is 295 g/mol. The van der Waals surface area contributed by atoms with Gasteiger partial charge in [-0.1, -0.05) is 0 Å². The summed E-state index contributed by atoms with van der Waals surface area (Å²) in [5.41, 5.74) is 0.656. The Balaban J connectivity index is 2.31. The number of ether oxygens (including phenoxy) is 2. The van der Waals surface area contributed by atoms with Crippen LogP contribution in [0.15, 0.2) is 18.2 Å². The zero-order valence-electron chi connectivity index (χ0n) is 11.1. The van der Waals surface area contributed by atoms with Crippen LogP contribution in [0.2, 0.25) is 0 Å². The lowest BCUT2D eigenvalue weighted by Crippen LogP contribution is -2.18. The zero-order chi connectivity index (χ0) is 15.0. The SMILES string of the molecule is CNCc1cc(F)ccc1OCCCOCC(F)(F)F. The Morgan fingerprint density at radius 2 is 1.95 bits per heavy atom. The molecular weight excluding hydrogens is 278 g/mol. The van der Waals surface area contributed by atoms with Gasteiger partial charge >= 0.3 is 6.18 Å². The molecule has 0 fully saturated rings.